The Labute approximate surface area is 107 Å². The molecule has 18 heavy (non-hydrogen) atoms. The number of nitrogens with zero attached hydrogens (tertiary/aromatic N) is 5. The fraction of sp³-hybridized carbons (Fsp3) is 0.444. The molecule has 2 aromatic heterocycles. The van der Waals surface area contributed by atoms with Crippen LogP contribution >= 0.6 is 11.5 Å². The summed E-state index contributed by atoms with van der Waals surface area (Å²) in [6.07, 6.45) is 1.65. The topological polar surface area (TPSA) is 97.6 Å². The third kappa shape index (κ3) is 2.09. The zero-order valence-corrected chi connectivity index (χ0v) is 10.4. The van der Waals surface area contributed by atoms with Crippen LogP contribution in [0.3, 0.4) is 0 Å². The van der Waals surface area contributed by atoms with Crippen LogP contribution in [0.25, 0.3) is 0 Å². The minimum Gasteiger partial charge on any atom is -0.312 e. The number of carbonyl (C=O) groups excluding carboxylic acids is 1. The van der Waals surface area contributed by atoms with Gasteiger partial charge in [-0.05, 0) is 6.92 Å². The number of hydrogen-bond acceptors (Lipinski definition) is 7. The van der Waals surface area contributed by atoms with Crippen LogP contribution in [0.15, 0.2) is 6.20 Å². The normalized spacial score (nSPS) is 15.4. The van der Waals surface area contributed by atoms with E-state index in [0.717, 1.165) is 24.6 Å². The first kappa shape index (κ1) is 11.2. The Hall–Kier alpha value is -1.87. The first-order valence-corrected chi connectivity index (χ1v) is 6.24. The molecule has 1 aliphatic rings. The van der Waals surface area contributed by atoms with Crippen LogP contribution in [0.1, 0.15) is 22.4 Å². The Bertz CT molecular complexity index is 573. The highest BCUT2D eigenvalue weighted by atomic mass is 32.1. The first-order valence-electron chi connectivity index (χ1n) is 5.46. The number of rotatable bonds is 3. The molecule has 1 aliphatic heterocycles. The molecule has 0 unspecified atom stereocenters. The summed E-state index contributed by atoms with van der Waals surface area (Å²) < 4.78 is 5.69. The number of nitrogens with one attached hydrogen (secondary N) is 2. The molecule has 0 bridgehead atoms. The Kier molecular flexibility index (Phi) is 2.76. The monoisotopic (exact) mass is 265 g/mol. The molecule has 2 N–H and O–H groups in total. The summed E-state index contributed by atoms with van der Waals surface area (Å²) in [6, 6.07) is 0.294. The van der Waals surface area contributed by atoms with Crippen molar-refractivity contribution in [1.82, 2.24) is 29.7 Å². The Morgan fingerprint density at radius 3 is 3.06 bits per heavy atom. The summed E-state index contributed by atoms with van der Waals surface area (Å²) in [6.45, 7) is 3.49. The predicted molar refractivity (Wildman–Crippen MR) is 64.5 cm³/mol. The van der Waals surface area contributed by atoms with Crippen molar-refractivity contribution in [3.63, 3.8) is 0 Å². The second kappa shape index (κ2) is 4.42. The predicted octanol–water partition coefficient (Wildman–Crippen LogP) is -0.165. The van der Waals surface area contributed by atoms with E-state index >= 15 is 0 Å². The minimum atomic E-state index is -0.315. The fourth-order valence-corrected chi connectivity index (χ4v) is 2.10. The molecule has 1 saturated heterocycles. The van der Waals surface area contributed by atoms with E-state index in [1.54, 1.807) is 17.8 Å². The Balaban J connectivity index is 1.70. The van der Waals surface area contributed by atoms with Crippen LogP contribution in [0.5, 0.6) is 0 Å². The quantitative estimate of drug-likeness (QED) is 0.800. The Morgan fingerprint density at radius 2 is 2.44 bits per heavy atom. The van der Waals surface area contributed by atoms with Crippen molar-refractivity contribution in [2.75, 3.05) is 18.4 Å². The van der Waals surface area contributed by atoms with Crippen molar-refractivity contribution in [3.05, 3.63) is 17.7 Å². The summed E-state index contributed by atoms with van der Waals surface area (Å²) in [5, 5.41) is 14.0. The van der Waals surface area contributed by atoms with Crippen molar-refractivity contribution < 1.29 is 4.79 Å². The van der Waals surface area contributed by atoms with Gasteiger partial charge in [0.1, 0.15) is 5.82 Å². The van der Waals surface area contributed by atoms with Crippen molar-refractivity contribution in [2.24, 2.45) is 0 Å². The van der Waals surface area contributed by atoms with Gasteiger partial charge in [-0.3, -0.25) is 10.1 Å². The van der Waals surface area contributed by atoms with Gasteiger partial charge in [-0.25, -0.2) is 9.67 Å². The maximum Gasteiger partial charge on any atom is 0.279 e. The van der Waals surface area contributed by atoms with E-state index in [4.69, 9.17) is 0 Å². The molecule has 9 heteroatoms. The lowest BCUT2D eigenvalue weighted by Gasteiger charge is -2.26. The third-order valence-electron chi connectivity index (χ3n) is 2.63. The van der Waals surface area contributed by atoms with Gasteiger partial charge in [-0.1, -0.05) is 5.21 Å². The molecule has 0 spiro atoms. The van der Waals surface area contributed by atoms with E-state index < -0.39 is 0 Å². The largest absolute Gasteiger partial charge is 0.312 e. The van der Waals surface area contributed by atoms with Gasteiger partial charge < -0.3 is 5.32 Å². The highest BCUT2D eigenvalue weighted by molar-refractivity contribution is 7.09. The number of carbonyl (C=O) groups is 1. The second-order valence-electron chi connectivity index (χ2n) is 4.00. The maximum absolute atomic E-state index is 11.9. The summed E-state index contributed by atoms with van der Waals surface area (Å²) in [5.41, 5.74) is 0.287. The minimum absolute atomic E-state index is 0.287. The van der Waals surface area contributed by atoms with Crippen LogP contribution in [0.2, 0.25) is 0 Å². The number of anilines is 1. The lowest BCUT2D eigenvalue weighted by Crippen LogP contribution is -2.43. The lowest BCUT2D eigenvalue weighted by molar-refractivity contribution is 0.102. The summed E-state index contributed by atoms with van der Waals surface area (Å²) in [4.78, 5) is 15.9. The molecule has 3 rings (SSSR count). The number of amides is 1. The molecular formula is C9H11N7OS. The maximum atomic E-state index is 11.9. The third-order valence-corrected chi connectivity index (χ3v) is 3.35. The highest BCUT2D eigenvalue weighted by Gasteiger charge is 2.21. The van der Waals surface area contributed by atoms with Crippen LogP contribution in [-0.2, 0) is 0 Å². The molecule has 2 aromatic rings. The zero-order chi connectivity index (χ0) is 12.5. The molecule has 8 nitrogen and oxygen atoms in total. The molecule has 94 valence electrons. The van der Waals surface area contributed by atoms with E-state index in [1.807, 2.05) is 0 Å². The molecule has 1 fully saturated rings. The smallest absolute Gasteiger partial charge is 0.279 e. The average Bonchev–Trinajstić information content (AvgIpc) is 2.86. The van der Waals surface area contributed by atoms with Gasteiger partial charge in [-0.2, -0.15) is 4.37 Å². The van der Waals surface area contributed by atoms with Crippen LogP contribution in [0.4, 0.5) is 5.13 Å². The fourth-order valence-electron chi connectivity index (χ4n) is 1.53. The van der Waals surface area contributed by atoms with Gasteiger partial charge in [-0.15, -0.1) is 5.10 Å². The van der Waals surface area contributed by atoms with E-state index in [1.165, 1.54) is 0 Å². The molecule has 0 aliphatic carbocycles. The molecular weight excluding hydrogens is 254 g/mol. The van der Waals surface area contributed by atoms with Gasteiger partial charge in [0.25, 0.3) is 5.91 Å². The van der Waals surface area contributed by atoms with Crippen LogP contribution < -0.4 is 10.6 Å². The zero-order valence-electron chi connectivity index (χ0n) is 9.62. The van der Waals surface area contributed by atoms with Crippen molar-refractivity contribution in [3.8, 4) is 0 Å². The highest BCUT2D eigenvalue weighted by Crippen LogP contribution is 2.13. The summed E-state index contributed by atoms with van der Waals surface area (Å²) >= 11 is 1.14. The molecule has 0 aromatic carbocycles. The van der Waals surface area contributed by atoms with Crippen LogP contribution in [-0.4, -0.2) is 43.3 Å². The van der Waals surface area contributed by atoms with E-state index in [0.29, 0.717) is 17.0 Å². The van der Waals surface area contributed by atoms with Gasteiger partial charge in [0.15, 0.2) is 5.69 Å². The standard InChI is InChI=1S/C9H11N7OS/c1-5-11-9(18-14-5)12-8(17)7-4-16(15-13-7)6-2-10-3-6/h4,6,10H,2-3H2,1H3,(H,11,12,14,17). The van der Waals surface area contributed by atoms with Crippen molar-refractivity contribution in [2.45, 2.75) is 13.0 Å². The van der Waals surface area contributed by atoms with Gasteiger partial charge >= 0.3 is 0 Å². The molecule has 3 heterocycles. The van der Waals surface area contributed by atoms with Crippen molar-refractivity contribution >= 4 is 22.6 Å². The van der Waals surface area contributed by atoms with E-state index in [2.05, 4.69) is 30.3 Å². The van der Waals surface area contributed by atoms with Crippen LogP contribution in [0, 0.1) is 6.92 Å². The molecule has 1 amide bonds. The van der Waals surface area contributed by atoms with Gasteiger partial charge in [0.2, 0.25) is 5.13 Å². The van der Waals surface area contributed by atoms with Gasteiger partial charge in [0, 0.05) is 24.6 Å². The van der Waals surface area contributed by atoms with Gasteiger partial charge in [0.05, 0.1) is 12.2 Å². The number of hydrogen-bond donors (Lipinski definition) is 2. The molecule has 0 saturated carbocycles. The summed E-state index contributed by atoms with van der Waals surface area (Å²) in [5.74, 6) is 0.323. The van der Waals surface area contributed by atoms with E-state index in [-0.39, 0.29) is 11.6 Å². The van der Waals surface area contributed by atoms with E-state index in [9.17, 15) is 4.79 Å². The Morgan fingerprint density at radius 1 is 1.61 bits per heavy atom. The average molecular weight is 265 g/mol. The molecule has 0 atom stereocenters. The van der Waals surface area contributed by atoms with Crippen molar-refractivity contribution in [1.29, 1.82) is 0 Å². The SMILES string of the molecule is Cc1nsc(NC(=O)c2cn(C3CNC3)nn2)n1. The first-order chi connectivity index (χ1) is 8.72. The summed E-state index contributed by atoms with van der Waals surface area (Å²) in [7, 11) is 0. The number of aryl methyl sites for hydroxylation is 1. The second-order valence-corrected chi connectivity index (χ2v) is 4.75. The lowest BCUT2D eigenvalue weighted by atomic mass is 10.2. The number of aromatic nitrogens is 5. The molecule has 0 radical (unpaired) electrons.